The van der Waals surface area contributed by atoms with E-state index in [9.17, 15) is 9.90 Å². The van der Waals surface area contributed by atoms with Crippen LogP contribution in [-0.4, -0.2) is 41.8 Å². The highest BCUT2D eigenvalue weighted by molar-refractivity contribution is 7.10. The number of benzene rings is 1. The van der Waals surface area contributed by atoms with Gasteiger partial charge in [-0.1, -0.05) is 12.1 Å². The van der Waals surface area contributed by atoms with Gasteiger partial charge in [0.2, 0.25) is 0 Å². The normalized spacial score (nSPS) is 20.3. The highest BCUT2D eigenvalue weighted by Gasteiger charge is 2.24. The molecule has 1 aromatic carbocycles. The summed E-state index contributed by atoms with van der Waals surface area (Å²) in [5, 5.41) is 15.0. The van der Waals surface area contributed by atoms with Crippen molar-refractivity contribution in [2.75, 3.05) is 29.9 Å². The number of rotatable bonds is 2. The smallest absolute Gasteiger partial charge is 0.321 e. The maximum Gasteiger partial charge on any atom is 0.321 e. The molecule has 0 radical (unpaired) electrons. The Bertz CT molecular complexity index is 761. The van der Waals surface area contributed by atoms with Gasteiger partial charge in [0.25, 0.3) is 0 Å². The summed E-state index contributed by atoms with van der Waals surface area (Å²) in [6, 6.07) is 10.1. The quantitative estimate of drug-likeness (QED) is 0.867. The van der Waals surface area contributed by atoms with Gasteiger partial charge in [-0.05, 0) is 48.4 Å². The number of aliphatic hydroxyl groups is 1. The van der Waals surface area contributed by atoms with Crippen molar-refractivity contribution < 1.29 is 9.90 Å². The number of nitrogens with one attached hydrogen (secondary N) is 1. The topological polar surface area (TPSA) is 55.8 Å². The summed E-state index contributed by atoms with van der Waals surface area (Å²) < 4.78 is 0. The molecule has 0 saturated carbocycles. The van der Waals surface area contributed by atoms with Gasteiger partial charge in [0.1, 0.15) is 0 Å². The van der Waals surface area contributed by atoms with Crippen molar-refractivity contribution in [1.82, 2.24) is 4.90 Å². The summed E-state index contributed by atoms with van der Waals surface area (Å²) >= 11 is 1.83. The standard InChI is InChI=1S/C19H23N3O2S/c23-15-4-3-9-22(13-15)19(24)20-16-5-1-2-6-17(16)21-10-7-18-14(12-21)8-11-25-18/h1-2,5-6,8,11,15,23H,3-4,7,9-10,12-13H2,(H,20,24)/t15-/m0/s1. The fourth-order valence-corrected chi connectivity index (χ4v) is 4.53. The highest BCUT2D eigenvalue weighted by atomic mass is 32.1. The van der Waals surface area contributed by atoms with Gasteiger partial charge in [-0.2, -0.15) is 0 Å². The molecule has 5 nitrogen and oxygen atoms in total. The molecule has 6 heteroatoms. The van der Waals surface area contributed by atoms with Crippen molar-refractivity contribution in [3.63, 3.8) is 0 Å². The predicted molar refractivity (Wildman–Crippen MR) is 101 cm³/mol. The minimum absolute atomic E-state index is 0.126. The van der Waals surface area contributed by atoms with Crippen molar-refractivity contribution in [1.29, 1.82) is 0 Å². The fourth-order valence-electron chi connectivity index (χ4n) is 3.64. The van der Waals surface area contributed by atoms with E-state index in [1.165, 1.54) is 10.4 Å². The molecule has 4 rings (SSSR count). The fraction of sp³-hybridized carbons (Fsp3) is 0.421. The molecule has 0 bridgehead atoms. The van der Waals surface area contributed by atoms with Gasteiger partial charge < -0.3 is 20.2 Å². The Morgan fingerprint density at radius 1 is 1.24 bits per heavy atom. The molecule has 132 valence electrons. The number of piperidine rings is 1. The summed E-state index contributed by atoms with van der Waals surface area (Å²) in [4.78, 5) is 18.1. The van der Waals surface area contributed by atoms with E-state index in [-0.39, 0.29) is 6.03 Å². The number of nitrogens with zero attached hydrogens (tertiary/aromatic N) is 2. The number of carbonyl (C=O) groups excluding carboxylic acids is 1. The summed E-state index contributed by atoms with van der Waals surface area (Å²) in [6.07, 6.45) is 2.27. The first-order valence-corrected chi connectivity index (χ1v) is 9.72. The SMILES string of the molecule is O=C(Nc1ccccc1N1CCc2sccc2C1)N1CCC[C@H](O)C1. The largest absolute Gasteiger partial charge is 0.391 e. The van der Waals surface area contributed by atoms with E-state index in [1.807, 2.05) is 29.5 Å². The van der Waals surface area contributed by atoms with Crippen LogP contribution in [0, 0.1) is 0 Å². The van der Waals surface area contributed by atoms with Crippen LogP contribution in [0.15, 0.2) is 35.7 Å². The third-order valence-electron chi connectivity index (χ3n) is 4.98. The second kappa shape index (κ2) is 7.06. The third kappa shape index (κ3) is 3.50. The van der Waals surface area contributed by atoms with E-state index in [1.54, 1.807) is 4.90 Å². The van der Waals surface area contributed by atoms with E-state index >= 15 is 0 Å². The molecule has 2 aliphatic heterocycles. The average Bonchev–Trinajstić information content (AvgIpc) is 3.10. The lowest BCUT2D eigenvalue weighted by molar-refractivity contribution is 0.0883. The van der Waals surface area contributed by atoms with Crippen LogP contribution in [0.5, 0.6) is 0 Å². The molecule has 2 aromatic rings. The first kappa shape index (κ1) is 16.4. The lowest BCUT2D eigenvalue weighted by atomic mass is 10.1. The molecule has 1 atom stereocenters. The van der Waals surface area contributed by atoms with Gasteiger partial charge in [0.15, 0.2) is 0 Å². The van der Waals surface area contributed by atoms with Gasteiger partial charge in [0, 0.05) is 31.1 Å². The van der Waals surface area contributed by atoms with Crippen LogP contribution in [0.4, 0.5) is 16.2 Å². The van der Waals surface area contributed by atoms with Crippen molar-refractivity contribution in [2.45, 2.75) is 31.9 Å². The second-order valence-electron chi connectivity index (χ2n) is 6.73. The summed E-state index contributed by atoms with van der Waals surface area (Å²) in [5.41, 5.74) is 3.29. The van der Waals surface area contributed by atoms with E-state index in [4.69, 9.17) is 0 Å². The van der Waals surface area contributed by atoms with Gasteiger partial charge in [-0.25, -0.2) is 4.79 Å². The predicted octanol–water partition coefficient (Wildman–Crippen LogP) is 3.30. The first-order chi connectivity index (χ1) is 12.2. The third-order valence-corrected chi connectivity index (χ3v) is 6.00. The van der Waals surface area contributed by atoms with Crippen molar-refractivity contribution >= 4 is 28.7 Å². The first-order valence-electron chi connectivity index (χ1n) is 8.84. The Labute approximate surface area is 151 Å². The monoisotopic (exact) mass is 357 g/mol. The number of likely N-dealkylation sites (tertiary alicyclic amines) is 1. The minimum Gasteiger partial charge on any atom is -0.391 e. The van der Waals surface area contributed by atoms with E-state index < -0.39 is 6.10 Å². The van der Waals surface area contributed by atoms with Crippen molar-refractivity contribution in [2.24, 2.45) is 0 Å². The maximum atomic E-state index is 12.6. The van der Waals surface area contributed by atoms with Crippen LogP contribution in [0.1, 0.15) is 23.3 Å². The number of aliphatic hydroxyl groups excluding tert-OH is 1. The molecule has 25 heavy (non-hydrogen) atoms. The number of hydrogen-bond acceptors (Lipinski definition) is 4. The van der Waals surface area contributed by atoms with Crippen LogP contribution in [0.25, 0.3) is 0 Å². The van der Waals surface area contributed by atoms with Crippen molar-refractivity contribution in [3.05, 3.63) is 46.2 Å². The summed E-state index contributed by atoms with van der Waals surface area (Å²) in [7, 11) is 0. The molecule has 1 saturated heterocycles. The van der Waals surface area contributed by atoms with Gasteiger partial charge >= 0.3 is 6.03 Å². The molecule has 0 unspecified atom stereocenters. The summed E-state index contributed by atoms with van der Waals surface area (Å²) in [6.45, 7) is 2.96. The Hall–Kier alpha value is -2.05. The number of anilines is 2. The molecular formula is C19H23N3O2S. The molecule has 3 heterocycles. The number of hydrogen-bond donors (Lipinski definition) is 2. The van der Waals surface area contributed by atoms with E-state index in [0.717, 1.165) is 43.7 Å². The van der Waals surface area contributed by atoms with Crippen LogP contribution >= 0.6 is 11.3 Å². The lowest BCUT2D eigenvalue weighted by Gasteiger charge is -2.33. The molecule has 1 aromatic heterocycles. The second-order valence-corrected chi connectivity index (χ2v) is 7.73. The van der Waals surface area contributed by atoms with E-state index in [0.29, 0.717) is 13.1 Å². The molecule has 0 aliphatic carbocycles. The molecule has 2 N–H and O–H groups in total. The summed E-state index contributed by atoms with van der Waals surface area (Å²) in [5.74, 6) is 0. The van der Waals surface area contributed by atoms with Gasteiger partial charge in [0.05, 0.1) is 17.5 Å². The Morgan fingerprint density at radius 3 is 3.00 bits per heavy atom. The number of fused-ring (bicyclic) bond motifs is 1. The number of thiophene rings is 1. The number of carbonyl (C=O) groups is 1. The molecule has 1 fully saturated rings. The Balaban J connectivity index is 1.50. The van der Waals surface area contributed by atoms with E-state index in [2.05, 4.69) is 27.7 Å². The minimum atomic E-state index is -0.408. The van der Waals surface area contributed by atoms with Crippen LogP contribution in [0.2, 0.25) is 0 Å². The number of β-amino-alcohol motifs (C(OH)–C–C–N with tert-alkyl or cyclic N) is 1. The highest BCUT2D eigenvalue weighted by Crippen LogP contribution is 2.32. The molecular weight excluding hydrogens is 334 g/mol. The maximum absolute atomic E-state index is 12.6. The zero-order valence-corrected chi connectivity index (χ0v) is 15.0. The Morgan fingerprint density at radius 2 is 2.12 bits per heavy atom. The molecule has 0 spiro atoms. The number of urea groups is 1. The van der Waals surface area contributed by atoms with Crippen LogP contribution in [0.3, 0.4) is 0 Å². The lowest BCUT2D eigenvalue weighted by Crippen LogP contribution is -2.44. The average molecular weight is 357 g/mol. The number of amides is 2. The zero-order valence-electron chi connectivity index (χ0n) is 14.1. The van der Waals surface area contributed by atoms with Gasteiger partial charge in [-0.15, -0.1) is 11.3 Å². The molecule has 2 aliphatic rings. The van der Waals surface area contributed by atoms with Crippen molar-refractivity contribution in [3.8, 4) is 0 Å². The Kier molecular flexibility index (Phi) is 4.63. The van der Waals surface area contributed by atoms with Crippen LogP contribution in [-0.2, 0) is 13.0 Å². The number of para-hydroxylation sites is 2. The van der Waals surface area contributed by atoms with Crippen LogP contribution < -0.4 is 10.2 Å². The van der Waals surface area contributed by atoms with Gasteiger partial charge in [-0.3, -0.25) is 0 Å². The molecule has 2 amide bonds. The zero-order chi connectivity index (χ0) is 17.2.